The number of pyridine rings is 1. The number of carbonyl (C=O) groups excluding carboxylic acids is 2. The molecule has 0 radical (unpaired) electrons. The monoisotopic (exact) mass is 371 g/mol. The van der Waals surface area contributed by atoms with Crippen LogP contribution >= 0.6 is 0 Å². The Morgan fingerprint density at radius 2 is 1.79 bits per heavy atom. The second-order valence-corrected chi connectivity index (χ2v) is 6.20. The van der Waals surface area contributed by atoms with Gasteiger partial charge in [-0.05, 0) is 30.3 Å². The third-order valence-electron chi connectivity index (χ3n) is 4.33. The third-order valence-corrected chi connectivity index (χ3v) is 4.33. The van der Waals surface area contributed by atoms with Crippen molar-refractivity contribution in [2.24, 2.45) is 0 Å². The molecular weight excluding hydrogens is 354 g/mol. The molecule has 4 rings (SSSR count). The van der Waals surface area contributed by atoms with Crippen molar-refractivity contribution in [3.8, 4) is 11.3 Å². The molecule has 0 aliphatic heterocycles. The van der Waals surface area contributed by atoms with Crippen LogP contribution in [0.3, 0.4) is 0 Å². The van der Waals surface area contributed by atoms with Crippen LogP contribution in [0.15, 0.2) is 79.1 Å². The molecule has 6 nitrogen and oxygen atoms in total. The first kappa shape index (κ1) is 17.5. The number of nitrogens with one attached hydrogen (secondary N) is 1. The standard InChI is InChI=1S/C22H17N3O3/c1-28-22(27)17-8-5-9-18(12-17)23-21(26)16-10-11-25-14-19(24-20(25)13-16)15-6-3-2-4-7-15/h2-14H,1H3,(H,23,26). The first-order valence-electron chi connectivity index (χ1n) is 8.68. The highest BCUT2D eigenvalue weighted by Gasteiger charge is 2.11. The summed E-state index contributed by atoms with van der Waals surface area (Å²) in [6, 6.07) is 19.9. The molecule has 2 aromatic heterocycles. The first-order valence-corrected chi connectivity index (χ1v) is 8.68. The van der Waals surface area contributed by atoms with E-state index >= 15 is 0 Å². The van der Waals surface area contributed by atoms with Crippen molar-refractivity contribution in [3.05, 3.63) is 90.3 Å². The van der Waals surface area contributed by atoms with Gasteiger partial charge in [0.1, 0.15) is 5.65 Å². The number of anilines is 1. The van der Waals surface area contributed by atoms with Crippen molar-refractivity contribution in [1.29, 1.82) is 0 Å². The molecule has 0 bridgehead atoms. The lowest BCUT2D eigenvalue weighted by Crippen LogP contribution is -2.13. The predicted molar refractivity (Wildman–Crippen MR) is 106 cm³/mol. The third kappa shape index (κ3) is 3.48. The molecule has 0 atom stereocenters. The number of carbonyl (C=O) groups is 2. The summed E-state index contributed by atoms with van der Waals surface area (Å²) in [5.74, 6) is -0.739. The van der Waals surface area contributed by atoms with Gasteiger partial charge in [0.05, 0.1) is 18.4 Å². The lowest BCUT2D eigenvalue weighted by molar-refractivity contribution is 0.0600. The zero-order chi connectivity index (χ0) is 19.5. The number of rotatable bonds is 4. The summed E-state index contributed by atoms with van der Waals surface area (Å²) in [7, 11) is 1.32. The van der Waals surface area contributed by atoms with E-state index in [1.54, 1.807) is 42.6 Å². The van der Waals surface area contributed by atoms with Gasteiger partial charge in [0.2, 0.25) is 0 Å². The number of aromatic nitrogens is 2. The average molecular weight is 371 g/mol. The maximum Gasteiger partial charge on any atom is 0.337 e. The molecule has 6 heteroatoms. The van der Waals surface area contributed by atoms with Crippen LogP contribution in [0.4, 0.5) is 5.69 Å². The van der Waals surface area contributed by atoms with Crippen LogP contribution < -0.4 is 5.32 Å². The Morgan fingerprint density at radius 1 is 0.964 bits per heavy atom. The Hall–Kier alpha value is -3.93. The second-order valence-electron chi connectivity index (χ2n) is 6.20. The van der Waals surface area contributed by atoms with E-state index in [0.29, 0.717) is 22.5 Å². The highest BCUT2D eigenvalue weighted by atomic mass is 16.5. The molecule has 0 spiro atoms. The zero-order valence-corrected chi connectivity index (χ0v) is 15.1. The van der Waals surface area contributed by atoms with E-state index in [0.717, 1.165) is 11.3 Å². The van der Waals surface area contributed by atoms with Crippen LogP contribution in [-0.4, -0.2) is 28.4 Å². The normalized spacial score (nSPS) is 10.6. The Morgan fingerprint density at radius 3 is 2.57 bits per heavy atom. The van der Waals surface area contributed by atoms with Gasteiger partial charge in [0, 0.05) is 29.2 Å². The molecule has 1 N–H and O–H groups in total. The minimum atomic E-state index is -0.455. The summed E-state index contributed by atoms with van der Waals surface area (Å²) >= 11 is 0. The van der Waals surface area contributed by atoms with Crippen LogP contribution in [0.1, 0.15) is 20.7 Å². The smallest absolute Gasteiger partial charge is 0.337 e. The molecule has 0 saturated carbocycles. The van der Waals surface area contributed by atoms with Gasteiger partial charge in [0.15, 0.2) is 0 Å². The maximum absolute atomic E-state index is 12.6. The van der Waals surface area contributed by atoms with E-state index in [1.165, 1.54) is 7.11 Å². The Balaban J connectivity index is 1.59. The molecule has 0 unspecified atom stereocenters. The summed E-state index contributed by atoms with van der Waals surface area (Å²) in [5.41, 5.74) is 3.88. The number of hydrogen-bond acceptors (Lipinski definition) is 4. The van der Waals surface area contributed by atoms with E-state index in [1.807, 2.05) is 40.9 Å². The molecular formula is C22H17N3O3. The first-order chi connectivity index (χ1) is 13.6. The molecule has 2 heterocycles. The Labute approximate surface area is 161 Å². The average Bonchev–Trinajstić information content (AvgIpc) is 3.17. The van der Waals surface area contributed by atoms with Gasteiger partial charge >= 0.3 is 5.97 Å². The van der Waals surface area contributed by atoms with Gasteiger partial charge < -0.3 is 14.5 Å². The topological polar surface area (TPSA) is 72.7 Å². The molecule has 28 heavy (non-hydrogen) atoms. The van der Waals surface area contributed by atoms with E-state index in [4.69, 9.17) is 4.74 Å². The Bertz CT molecular complexity index is 1170. The van der Waals surface area contributed by atoms with Gasteiger partial charge in [-0.2, -0.15) is 0 Å². The summed E-state index contributed by atoms with van der Waals surface area (Å²) in [6.45, 7) is 0. The molecule has 4 aromatic rings. The van der Waals surface area contributed by atoms with Crippen molar-refractivity contribution in [1.82, 2.24) is 9.38 Å². The molecule has 0 aliphatic rings. The van der Waals surface area contributed by atoms with Crippen LogP contribution in [0.5, 0.6) is 0 Å². The Kier molecular flexibility index (Phi) is 4.60. The summed E-state index contributed by atoms with van der Waals surface area (Å²) in [5, 5.41) is 2.80. The van der Waals surface area contributed by atoms with Crippen molar-refractivity contribution in [3.63, 3.8) is 0 Å². The van der Waals surface area contributed by atoms with Crippen molar-refractivity contribution in [2.75, 3.05) is 12.4 Å². The van der Waals surface area contributed by atoms with E-state index in [-0.39, 0.29) is 5.91 Å². The minimum Gasteiger partial charge on any atom is -0.465 e. The number of fused-ring (bicyclic) bond motifs is 1. The molecule has 0 fully saturated rings. The quantitative estimate of drug-likeness (QED) is 0.550. The molecule has 1 amide bonds. The van der Waals surface area contributed by atoms with Gasteiger partial charge in [-0.3, -0.25) is 4.79 Å². The number of imidazole rings is 1. The largest absolute Gasteiger partial charge is 0.465 e. The number of ether oxygens (including phenoxy) is 1. The number of nitrogens with zero attached hydrogens (tertiary/aromatic N) is 2. The van der Waals surface area contributed by atoms with Gasteiger partial charge in [-0.1, -0.05) is 36.4 Å². The fourth-order valence-electron chi connectivity index (χ4n) is 2.92. The van der Waals surface area contributed by atoms with Crippen LogP contribution in [0.25, 0.3) is 16.9 Å². The fraction of sp³-hybridized carbons (Fsp3) is 0.0455. The van der Waals surface area contributed by atoms with Crippen molar-refractivity contribution >= 4 is 23.2 Å². The molecule has 0 saturated heterocycles. The van der Waals surface area contributed by atoms with Gasteiger partial charge in [0.25, 0.3) is 5.91 Å². The summed E-state index contributed by atoms with van der Waals surface area (Å²) in [4.78, 5) is 28.9. The number of esters is 1. The van der Waals surface area contributed by atoms with Crippen molar-refractivity contribution in [2.45, 2.75) is 0 Å². The highest BCUT2D eigenvalue weighted by molar-refractivity contribution is 6.05. The van der Waals surface area contributed by atoms with Crippen LogP contribution in [-0.2, 0) is 4.74 Å². The maximum atomic E-state index is 12.6. The van der Waals surface area contributed by atoms with E-state index in [2.05, 4.69) is 10.3 Å². The predicted octanol–water partition coefficient (Wildman–Crippen LogP) is 4.04. The minimum absolute atomic E-state index is 0.284. The second kappa shape index (κ2) is 7.36. The summed E-state index contributed by atoms with van der Waals surface area (Å²) < 4.78 is 6.58. The van der Waals surface area contributed by atoms with Crippen LogP contribution in [0.2, 0.25) is 0 Å². The molecule has 138 valence electrons. The number of amides is 1. The van der Waals surface area contributed by atoms with Gasteiger partial charge in [-0.25, -0.2) is 9.78 Å². The van der Waals surface area contributed by atoms with E-state index < -0.39 is 5.97 Å². The molecule has 2 aromatic carbocycles. The fourth-order valence-corrected chi connectivity index (χ4v) is 2.92. The number of hydrogen-bond donors (Lipinski definition) is 1. The lowest BCUT2D eigenvalue weighted by Gasteiger charge is -2.07. The van der Waals surface area contributed by atoms with Gasteiger partial charge in [-0.15, -0.1) is 0 Å². The molecule has 0 aliphatic carbocycles. The highest BCUT2D eigenvalue weighted by Crippen LogP contribution is 2.20. The zero-order valence-electron chi connectivity index (χ0n) is 15.1. The summed E-state index contributed by atoms with van der Waals surface area (Å²) in [6.07, 6.45) is 3.72. The van der Waals surface area contributed by atoms with Crippen LogP contribution in [0, 0.1) is 0 Å². The van der Waals surface area contributed by atoms with Crippen molar-refractivity contribution < 1.29 is 14.3 Å². The SMILES string of the molecule is COC(=O)c1cccc(NC(=O)c2ccn3cc(-c4ccccc4)nc3c2)c1. The van der Waals surface area contributed by atoms with E-state index in [9.17, 15) is 9.59 Å². The number of benzene rings is 2. The number of methoxy groups -OCH3 is 1. The lowest BCUT2D eigenvalue weighted by atomic mass is 10.2.